The van der Waals surface area contributed by atoms with Gasteiger partial charge in [0.2, 0.25) is 0 Å². The van der Waals surface area contributed by atoms with E-state index in [-0.39, 0.29) is 18.0 Å². The molecular formula is C21H24O5. The molecule has 0 fully saturated rings. The lowest BCUT2D eigenvalue weighted by molar-refractivity contribution is 0.0464. The topological polar surface area (TPSA) is 61.8 Å². The van der Waals surface area contributed by atoms with Crippen molar-refractivity contribution in [3.8, 4) is 11.5 Å². The van der Waals surface area contributed by atoms with Gasteiger partial charge in [-0.05, 0) is 62.1 Å². The lowest BCUT2D eigenvalue weighted by atomic mass is 9.92. The molecule has 5 nitrogen and oxygen atoms in total. The largest absolute Gasteiger partial charge is 0.496 e. The van der Waals surface area contributed by atoms with Crippen LogP contribution in [0.4, 0.5) is 0 Å². The second-order valence-electron chi connectivity index (χ2n) is 6.16. The zero-order valence-electron chi connectivity index (χ0n) is 16.1. The van der Waals surface area contributed by atoms with Crippen molar-refractivity contribution in [1.29, 1.82) is 0 Å². The number of Topliss-reactive ketones (excluding diaryl/α,β-unsaturated/α-hetero) is 1. The summed E-state index contributed by atoms with van der Waals surface area (Å²) in [6.07, 6.45) is 0. The second kappa shape index (κ2) is 8.04. The highest BCUT2D eigenvalue weighted by atomic mass is 16.5. The zero-order valence-corrected chi connectivity index (χ0v) is 16.1. The molecule has 0 aliphatic rings. The monoisotopic (exact) mass is 356 g/mol. The summed E-state index contributed by atoms with van der Waals surface area (Å²) in [5.41, 5.74) is 4.50. The van der Waals surface area contributed by atoms with Crippen molar-refractivity contribution in [1.82, 2.24) is 0 Å². The molecule has 0 atom stereocenters. The third-order valence-electron chi connectivity index (χ3n) is 4.46. The first-order chi connectivity index (χ1) is 12.3. The molecule has 0 saturated carbocycles. The number of hydrogen-bond donors (Lipinski definition) is 0. The molecule has 0 radical (unpaired) electrons. The van der Waals surface area contributed by atoms with Gasteiger partial charge >= 0.3 is 5.97 Å². The number of hydrogen-bond acceptors (Lipinski definition) is 5. The van der Waals surface area contributed by atoms with Crippen LogP contribution in [0.15, 0.2) is 24.3 Å². The summed E-state index contributed by atoms with van der Waals surface area (Å²) >= 11 is 0. The van der Waals surface area contributed by atoms with Gasteiger partial charge in [0.25, 0.3) is 0 Å². The summed E-state index contributed by atoms with van der Waals surface area (Å²) in [6.45, 7) is 7.34. The number of carbonyl (C=O) groups is 2. The van der Waals surface area contributed by atoms with Crippen LogP contribution in [0.3, 0.4) is 0 Å². The van der Waals surface area contributed by atoms with Crippen LogP contribution >= 0.6 is 0 Å². The van der Waals surface area contributed by atoms with Crippen LogP contribution in [0, 0.1) is 20.8 Å². The Morgan fingerprint density at radius 3 is 2.00 bits per heavy atom. The lowest BCUT2D eigenvalue weighted by Gasteiger charge is -2.17. The van der Waals surface area contributed by atoms with E-state index in [9.17, 15) is 9.59 Å². The summed E-state index contributed by atoms with van der Waals surface area (Å²) in [4.78, 5) is 24.6. The predicted octanol–water partition coefficient (Wildman–Crippen LogP) is 4.19. The molecule has 0 aromatic heterocycles. The van der Waals surface area contributed by atoms with Gasteiger partial charge in [-0.1, -0.05) is 12.1 Å². The Morgan fingerprint density at radius 2 is 1.50 bits per heavy atom. The Kier molecular flexibility index (Phi) is 6.03. The van der Waals surface area contributed by atoms with E-state index in [2.05, 4.69) is 0 Å². The number of esters is 1. The van der Waals surface area contributed by atoms with Gasteiger partial charge in [0, 0.05) is 5.56 Å². The van der Waals surface area contributed by atoms with Gasteiger partial charge < -0.3 is 14.2 Å². The van der Waals surface area contributed by atoms with E-state index in [4.69, 9.17) is 14.2 Å². The van der Waals surface area contributed by atoms with Gasteiger partial charge in [0.1, 0.15) is 23.7 Å². The molecule has 138 valence electrons. The van der Waals surface area contributed by atoms with Gasteiger partial charge in [-0.15, -0.1) is 0 Å². The fraction of sp³-hybridized carbons (Fsp3) is 0.333. The Bertz CT molecular complexity index is 830. The van der Waals surface area contributed by atoms with Crippen LogP contribution in [-0.4, -0.2) is 26.0 Å². The van der Waals surface area contributed by atoms with Gasteiger partial charge in [-0.2, -0.15) is 0 Å². The zero-order chi connectivity index (χ0) is 19.4. The van der Waals surface area contributed by atoms with Gasteiger partial charge in [-0.3, -0.25) is 4.79 Å². The maximum absolute atomic E-state index is 12.6. The van der Waals surface area contributed by atoms with Crippen molar-refractivity contribution < 1.29 is 23.8 Å². The maximum atomic E-state index is 12.6. The third kappa shape index (κ3) is 3.72. The van der Waals surface area contributed by atoms with Crippen LogP contribution < -0.4 is 9.47 Å². The average Bonchev–Trinajstić information content (AvgIpc) is 2.59. The van der Waals surface area contributed by atoms with Crippen LogP contribution in [-0.2, 0) is 11.3 Å². The van der Waals surface area contributed by atoms with Crippen molar-refractivity contribution >= 4 is 11.8 Å². The number of rotatable bonds is 6. The van der Waals surface area contributed by atoms with Gasteiger partial charge in [0.15, 0.2) is 5.78 Å². The highest BCUT2D eigenvalue weighted by Crippen LogP contribution is 2.30. The van der Waals surface area contributed by atoms with E-state index in [1.165, 1.54) is 14.2 Å². The number of ether oxygens (including phenoxy) is 3. The second-order valence-corrected chi connectivity index (χ2v) is 6.16. The van der Waals surface area contributed by atoms with E-state index < -0.39 is 5.97 Å². The van der Waals surface area contributed by atoms with Crippen molar-refractivity contribution in [2.24, 2.45) is 0 Å². The quantitative estimate of drug-likeness (QED) is 0.574. The SMILES string of the molecule is COc1cccc(OC)c1C(=O)OCc1c(C)cc(C)c(C(C)=O)c1C. The highest BCUT2D eigenvalue weighted by Gasteiger charge is 2.21. The molecule has 0 aliphatic heterocycles. The highest BCUT2D eigenvalue weighted by molar-refractivity contribution is 5.98. The first-order valence-corrected chi connectivity index (χ1v) is 8.30. The number of methoxy groups -OCH3 is 2. The molecule has 0 bridgehead atoms. The van der Waals surface area contributed by atoms with E-state index in [0.29, 0.717) is 17.1 Å². The molecule has 0 unspecified atom stereocenters. The van der Waals surface area contributed by atoms with Crippen molar-refractivity contribution in [2.75, 3.05) is 14.2 Å². The van der Waals surface area contributed by atoms with E-state index >= 15 is 0 Å². The summed E-state index contributed by atoms with van der Waals surface area (Å²) < 4.78 is 16.0. The summed E-state index contributed by atoms with van der Waals surface area (Å²) in [5, 5.41) is 0. The van der Waals surface area contributed by atoms with Crippen LogP contribution in [0.25, 0.3) is 0 Å². The van der Waals surface area contributed by atoms with Crippen molar-refractivity contribution in [3.63, 3.8) is 0 Å². The number of aryl methyl sites for hydroxylation is 2. The molecule has 0 heterocycles. The predicted molar refractivity (Wildman–Crippen MR) is 99.3 cm³/mol. The Morgan fingerprint density at radius 1 is 0.923 bits per heavy atom. The fourth-order valence-electron chi connectivity index (χ4n) is 3.25. The first-order valence-electron chi connectivity index (χ1n) is 8.30. The standard InChI is InChI=1S/C21H24O5/c1-12-10-13(2)19(15(4)22)14(3)16(12)11-26-21(23)20-17(24-5)8-7-9-18(20)25-6/h7-10H,11H2,1-6H3. The summed E-state index contributed by atoms with van der Waals surface area (Å²) in [7, 11) is 2.97. The smallest absolute Gasteiger partial charge is 0.346 e. The molecule has 0 amide bonds. The van der Waals surface area contributed by atoms with Crippen LogP contribution in [0.1, 0.15) is 49.9 Å². The van der Waals surface area contributed by atoms with Gasteiger partial charge in [0.05, 0.1) is 14.2 Å². The molecule has 2 aromatic carbocycles. The molecule has 0 aliphatic carbocycles. The minimum Gasteiger partial charge on any atom is -0.496 e. The average molecular weight is 356 g/mol. The minimum absolute atomic E-state index is 0.000950. The van der Waals surface area contributed by atoms with Gasteiger partial charge in [-0.25, -0.2) is 4.79 Å². The van der Waals surface area contributed by atoms with Crippen molar-refractivity contribution in [3.05, 3.63) is 57.6 Å². The molecule has 2 aromatic rings. The molecule has 0 saturated heterocycles. The van der Waals surface area contributed by atoms with Crippen LogP contribution in [0.5, 0.6) is 11.5 Å². The molecule has 0 spiro atoms. The number of benzene rings is 2. The molecule has 5 heteroatoms. The first kappa shape index (κ1) is 19.5. The van der Waals surface area contributed by atoms with Crippen molar-refractivity contribution in [2.45, 2.75) is 34.3 Å². The summed E-state index contributed by atoms with van der Waals surface area (Å²) in [5.74, 6) is 0.231. The lowest BCUT2D eigenvalue weighted by Crippen LogP contribution is -2.12. The van der Waals surface area contributed by atoms with E-state index in [1.807, 2.05) is 26.8 Å². The molecule has 2 rings (SSSR count). The van der Waals surface area contributed by atoms with E-state index in [1.54, 1.807) is 25.1 Å². The Balaban J connectivity index is 2.35. The molecular weight excluding hydrogens is 332 g/mol. The normalized spacial score (nSPS) is 10.4. The Hall–Kier alpha value is -2.82. The van der Waals surface area contributed by atoms with Crippen LogP contribution in [0.2, 0.25) is 0 Å². The number of ketones is 1. The minimum atomic E-state index is -0.539. The fourth-order valence-corrected chi connectivity index (χ4v) is 3.25. The Labute approximate surface area is 153 Å². The third-order valence-corrected chi connectivity index (χ3v) is 4.46. The summed E-state index contributed by atoms with van der Waals surface area (Å²) in [6, 6.07) is 7.03. The molecule has 26 heavy (non-hydrogen) atoms. The molecule has 0 N–H and O–H groups in total. The van der Waals surface area contributed by atoms with E-state index in [0.717, 1.165) is 22.3 Å². The maximum Gasteiger partial charge on any atom is 0.346 e. The number of carbonyl (C=O) groups excluding carboxylic acids is 2.